The maximum atomic E-state index is 13.0. The summed E-state index contributed by atoms with van der Waals surface area (Å²) in [6.45, 7) is 6.59. The van der Waals surface area contributed by atoms with Gasteiger partial charge in [-0.25, -0.2) is 0 Å². The predicted octanol–water partition coefficient (Wildman–Crippen LogP) is 25.2. The minimum absolute atomic E-state index is 0.0745. The number of rotatable bonds is 67. The van der Waals surface area contributed by atoms with Crippen molar-refractivity contribution in [2.45, 2.75) is 386 Å². The summed E-state index contributed by atoms with van der Waals surface area (Å²) in [7, 11) is 0. The minimum Gasteiger partial charge on any atom is -0.462 e. The zero-order chi connectivity index (χ0) is 59.9. The SMILES string of the molecule is CC/C=C\C/C=C\C/C=C\C/C=C\C/C=C\C/C=C\CCCCCCCCC(=O)OCC(COC(=O)CCCCCCCCCCCCCCCCCCCCC)OC(=O)CCCCCCCCCCCCCCCCCCCCCCC. The lowest BCUT2D eigenvalue weighted by molar-refractivity contribution is -0.167. The maximum absolute atomic E-state index is 13.0. The molecule has 0 N–H and O–H groups in total. The van der Waals surface area contributed by atoms with Crippen molar-refractivity contribution in [2.24, 2.45) is 0 Å². The van der Waals surface area contributed by atoms with Gasteiger partial charge in [-0.05, 0) is 70.6 Å². The first-order chi connectivity index (χ1) is 41.0. The molecule has 6 heteroatoms. The Balaban J connectivity index is 4.36. The zero-order valence-electron chi connectivity index (χ0n) is 55.5. The van der Waals surface area contributed by atoms with Crippen LogP contribution in [0.5, 0.6) is 0 Å². The predicted molar refractivity (Wildman–Crippen MR) is 362 cm³/mol. The first-order valence-corrected chi connectivity index (χ1v) is 36.4. The maximum Gasteiger partial charge on any atom is 0.306 e. The molecule has 0 amide bonds. The largest absolute Gasteiger partial charge is 0.462 e. The molecule has 0 spiro atoms. The van der Waals surface area contributed by atoms with Crippen molar-refractivity contribution in [2.75, 3.05) is 13.2 Å². The van der Waals surface area contributed by atoms with Crippen LogP contribution in [0.4, 0.5) is 0 Å². The number of esters is 3. The number of allylic oxidation sites excluding steroid dienone is 12. The molecule has 0 rings (SSSR count). The Labute approximate surface area is 516 Å². The fraction of sp³-hybridized carbons (Fsp3) is 0.805. The molecule has 83 heavy (non-hydrogen) atoms. The zero-order valence-corrected chi connectivity index (χ0v) is 55.5. The molecule has 0 fully saturated rings. The number of carbonyl (C=O) groups is 3. The second-order valence-electron chi connectivity index (χ2n) is 24.5. The van der Waals surface area contributed by atoms with Gasteiger partial charge in [0, 0.05) is 19.3 Å². The Bertz CT molecular complexity index is 1520. The Kier molecular flexibility index (Phi) is 68.6. The van der Waals surface area contributed by atoms with Crippen molar-refractivity contribution in [1.82, 2.24) is 0 Å². The van der Waals surface area contributed by atoms with E-state index in [4.69, 9.17) is 14.2 Å². The van der Waals surface area contributed by atoms with E-state index in [1.807, 2.05) is 0 Å². The van der Waals surface area contributed by atoms with E-state index in [1.165, 1.54) is 238 Å². The van der Waals surface area contributed by atoms with Crippen molar-refractivity contribution < 1.29 is 28.6 Å². The van der Waals surface area contributed by atoms with Gasteiger partial charge >= 0.3 is 17.9 Å². The number of hydrogen-bond donors (Lipinski definition) is 0. The summed E-state index contributed by atoms with van der Waals surface area (Å²) in [6.07, 6.45) is 93.5. The fourth-order valence-electron chi connectivity index (χ4n) is 10.8. The van der Waals surface area contributed by atoms with Gasteiger partial charge in [-0.3, -0.25) is 14.4 Å². The average Bonchev–Trinajstić information content (AvgIpc) is 3.50. The van der Waals surface area contributed by atoms with E-state index in [0.717, 1.165) is 103 Å². The molecule has 482 valence electrons. The Morgan fingerprint density at radius 1 is 0.253 bits per heavy atom. The second-order valence-corrected chi connectivity index (χ2v) is 24.5. The first kappa shape index (κ1) is 79.8. The molecular formula is C77H138O6. The Morgan fingerprint density at radius 2 is 0.470 bits per heavy atom. The molecule has 0 bridgehead atoms. The van der Waals surface area contributed by atoms with Crippen LogP contribution in [-0.2, 0) is 28.6 Å². The molecule has 0 saturated heterocycles. The van der Waals surface area contributed by atoms with Crippen LogP contribution in [0.15, 0.2) is 72.9 Å². The van der Waals surface area contributed by atoms with Gasteiger partial charge in [0.05, 0.1) is 0 Å². The van der Waals surface area contributed by atoms with Gasteiger partial charge < -0.3 is 14.2 Å². The van der Waals surface area contributed by atoms with Gasteiger partial charge in [0.1, 0.15) is 13.2 Å². The van der Waals surface area contributed by atoms with E-state index < -0.39 is 6.10 Å². The van der Waals surface area contributed by atoms with Gasteiger partial charge in [-0.15, -0.1) is 0 Å². The smallest absolute Gasteiger partial charge is 0.306 e. The lowest BCUT2D eigenvalue weighted by Gasteiger charge is -2.18. The van der Waals surface area contributed by atoms with Crippen LogP contribution in [-0.4, -0.2) is 37.2 Å². The van der Waals surface area contributed by atoms with E-state index >= 15 is 0 Å². The van der Waals surface area contributed by atoms with Crippen LogP contribution in [0, 0.1) is 0 Å². The summed E-state index contributed by atoms with van der Waals surface area (Å²) in [4.78, 5) is 38.5. The van der Waals surface area contributed by atoms with Crippen molar-refractivity contribution in [3.05, 3.63) is 72.9 Å². The van der Waals surface area contributed by atoms with Crippen LogP contribution in [0.1, 0.15) is 380 Å². The topological polar surface area (TPSA) is 78.9 Å². The number of hydrogen-bond acceptors (Lipinski definition) is 6. The Hall–Kier alpha value is -3.15. The van der Waals surface area contributed by atoms with E-state index in [1.54, 1.807) is 0 Å². The summed E-state index contributed by atoms with van der Waals surface area (Å²) in [6, 6.07) is 0. The Morgan fingerprint density at radius 3 is 0.735 bits per heavy atom. The molecule has 0 aromatic rings. The van der Waals surface area contributed by atoms with Gasteiger partial charge in [-0.2, -0.15) is 0 Å². The molecule has 0 radical (unpaired) electrons. The summed E-state index contributed by atoms with van der Waals surface area (Å²) >= 11 is 0. The van der Waals surface area contributed by atoms with Crippen LogP contribution in [0.2, 0.25) is 0 Å². The van der Waals surface area contributed by atoms with Crippen molar-refractivity contribution in [3.8, 4) is 0 Å². The van der Waals surface area contributed by atoms with Crippen LogP contribution < -0.4 is 0 Å². The summed E-state index contributed by atoms with van der Waals surface area (Å²) < 4.78 is 17.0. The van der Waals surface area contributed by atoms with Crippen LogP contribution in [0.3, 0.4) is 0 Å². The van der Waals surface area contributed by atoms with Crippen molar-refractivity contribution in [3.63, 3.8) is 0 Å². The van der Waals surface area contributed by atoms with E-state index in [2.05, 4.69) is 93.7 Å². The van der Waals surface area contributed by atoms with E-state index in [0.29, 0.717) is 19.3 Å². The molecular weight excluding hydrogens is 1020 g/mol. The van der Waals surface area contributed by atoms with Crippen molar-refractivity contribution >= 4 is 17.9 Å². The highest BCUT2D eigenvalue weighted by Gasteiger charge is 2.19. The highest BCUT2D eigenvalue weighted by molar-refractivity contribution is 5.71. The van der Waals surface area contributed by atoms with Gasteiger partial charge in [0.15, 0.2) is 6.10 Å². The number of carbonyl (C=O) groups excluding carboxylic acids is 3. The molecule has 0 aliphatic carbocycles. The fourth-order valence-corrected chi connectivity index (χ4v) is 10.8. The van der Waals surface area contributed by atoms with Crippen molar-refractivity contribution in [1.29, 1.82) is 0 Å². The molecule has 0 aromatic carbocycles. The molecule has 1 atom stereocenters. The van der Waals surface area contributed by atoms with Gasteiger partial charge in [0.25, 0.3) is 0 Å². The van der Waals surface area contributed by atoms with Gasteiger partial charge in [0.2, 0.25) is 0 Å². The molecule has 0 heterocycles. The summed E-state index contributed by atoms with van der Waals surface area (Å²) in [5.41, 5.74) is 0. The molecule has 0 aliphatic rings. The molecule has 0 aliphatic heterocycles. The highest BCUT2D eigenvalue weighted by Crippen LogP contribution is 2.19. The average molecular weight is 1160 g/mol. The van der Waals surface area contributed by atoms with Gasteiger partial charge in [-0.1, -0.05) is 363 Å². The minimum atomic E-state index is -0.781. The highest BCUT2D eigenvalue weighted by atomic mass is 16.6. The standard InChI is InChI=1S/C77H138O6/c1-4-7-10-13-16-19-22-25-28-31-34-36-37-38-39-41-43-46-49-52-55-58-61-64-67-70-76(79)82-73-74(72-81-75(78)69-66-63-60-57-54-51-48-45-42-33-30-27-24-21-18-15-12-9-6-3)83-77(80)71-68-65-62-59-56-53-50-47-44-40-35-32-29-26-23-20-17-14-11-8-5-2/h7,10,16,19,25,28,34,36,38-39,43,46,74H,4-6,8-9,11-15,17-18,20-24,26-27,29-33,35,37,40-42,44-45,47-73H2,1-3H3/b10-7-,19-16-,28-25-,36-34-,39-38-,46-43-. The molecule has 6 nitrogen and oxygen atoms in total. The third-order valence-corrected chi connectivity index (χ3v) is 16.2. The normalized spacial score (nSPS) is 12.5. The first-order valence-electron chi connectivity index (χ1n) is 36.4. The number of ether oxygens (including phenoxy) is 3. The van der Waals surface area contributed by atoms with Crippen LogP contribution >= 0.6 is 0 Å². The molecule has 1 unspecified atom stereocenters. The molecule has 0 saturated carbocycles. The lowest BCUT2D eigenvalue weighted by atomic mass is 10.0. The van der Waals surface area contributed by atoms with E-state index in [9.17, 15) is 14.4 Å². The summed E-state index contributed by atoms with van der Waals surface area (Å²) in [5.74, 6) is -0.862. The quantitative estimate of drug-likeness (QED) is 0.0261. The monoisotopic (exact) mass is 1160 g/mol. The third kappa shape index (κ3) is 69.5. The molecule has 0 aromatic heterocycles. The van der Waals surface area contributed by atoms with Crippen LogP contribution in [0.25, 0.3) is 0 Å². The summed E-state index contributed by atoms with van der Waals surface area (Å²) in [5, 5.41) is 0. The third-order valence-electron chi connectivity index (χ3n) is 16.2. The lowest BCUT2D eigenvalue weighted by Crippen LogP contribution is -2.30. The second kappa shape index (κ2) is 71.3. The number of unbranched alkanes of at least 4 members (excludes halogenated alkanes) is 44. The van der Waals surface area contributed by atoms with E-state index in [-0.39, 0.29) is 31.1 Å².